The summed E-state index contributed by atoms with van der Waals surface area (Å²) in [4.78, 5) is 47.2. The Labute approximate surface area is 192 Å². The highest BCUT2D eigenvalue weighted by atomic mass is 16.9. The first-order valence-corrected chi connectivity index (χ1v) is 9.96. The van der Waals surface area contributed by atoms with Gasteiger partial charge in [0.1, 0.15) is 24.4 Å². The largest absolute Gasteiger partial charge is 0.427 e. The molecule has 0 radical (unpaired) electrons. The van der Waals surface area contributed by atoms with Crippen molar-refractivity contribution in [3.05, 3.63) is 0 Å². The highest BCUT2D eigenvalue weighted by Crippen LogP contribution is 2.32. The maximum absolute atomic E-state index is 11.8. The molecule has 194 valence electrons. The highest BCUT2D eigenvalue weighted by Gasteiger charge is 2.53. The molecule has 0 aliphatic carbocycles. The fourth-order valence-electron chi connectivity index (χ4n) is 2.29. The Morgan fingerprint density at radius 3 is 0.824 bits per heavy atom. The predicted molar refractivity (Wildman–Crippen MR) is 98.2 cm³/mol. The third kappa shape index (κ3) is 7.28. The topological polar surface area (TPSA) is 223 Å². The number of rotatable bonds is 8. The minimum Gasteiger partial charge on any atom is -0.427 e. The molecule has 2 aliphatic rings. The second-order valence-corrected chi connectivity index (χ2v) is 7.21. The van der Waals surface area contributed by atoms with E-state index in [1.807, 2.05) is 0 Å². The first kappa shape index (κ1) is 27.8. The van der Waals surface area contributed by atoms with E-state index in [1.165, 1.54) is 0 Å². The van der Waals surface area contributed by atoms with Gasteiger partial charge < -0.3 is 58.3 Å². The fourth-order valence-corrected chi connectivity index (χ4v) is 2.29. The van der Waals surface area contributed by atoms with Crippen molar-refractivity contribution in [2.45, 2.75) is 89.9 Å². The van der Waals surface area contributed by atoms with Crippen LogP contribution in [0.1, 0.15) is 27.7 Å². The Bertz CT molecular complexity index is 626. The molecule has 8 atom stereocenters. The second kappa shape index (κ2) is 11.8. The van der Waals surface area contributed by atoms with Crippen LogP contribution in [-0.4, -0.2) is 106 Å². The summed E-state index contributed by atoms with van der Waals surface area (Å²) < 4.78 is 40.9. The number of carbonyl (C=O) groups is 4. The molecule has 2 rings (SSSR count). The maximum atomic E-state index is 11.8. The Morgan fingerprint density at radius 2 is 0.676 bits per heavy atom. The molecule has 0 aromatic heterocycles. The van der Waals surface area contributed by atoms with E-state index >= 15 is 0 Å². The van der Waals surface area contributed by atoms with Crippen LogP contribution in [0.4, 0.5) is 0 Å². The van der Waals surface area contributed by atoms with Crippen LogP contribution < -0.4 is 0 Å². The molecular formula is C18H26O16. The van der Waals surface area contributed by atoms with Crippen LogP contribution in [0.3, 0.4) is 0 Å². The van der Waals surface area contributed by atoms with Crippen molar-refractivity contribution in [1.29, 1.82) is 0 Å². The van der Waals surface area contributed by atoms with Crippen molar-refractivity contribution in [3.63, 3.8) is 0 Å². The van der Waals surface area contributed by atoms with Crippen molar-refractivity contribution < 1.29 is 77.5 Å². The Kier molecular flexibility index (Phi) is 9.65. The van der Waals surface area contributed by atoms with Crippen molar-refractivity contribution in [3.8, 4) is 0 Å². The van der Waals surface area contributed by atoms with Gasteiger partial charge in [0, 0.05) is 0 Å². The maximum Gasteiger partial charge on any atom is 0.337 e. The zero-order chi connectivity index (χ0) is 25.7. The van der Waals surface area contributed by atoms with Crippen LogP contribution >= 0.6 is 0 Å². The molecule has 0 aromatic carbocycles. The van der Waals surface area contributed by atoms with Crippen molar-refractivity contribution >= 4 is 23.9 Å². The Balaban J connectivity index is 2.25. The second-order valence-electron chi connectivity index (χ2n) is 7.21. The van der Waals surface area contributed by atoms with E-state index in [4.69, 9.17) is 37.9 Å². The number of esters is 4. The van der Waals surface area contributed by atoms with Gasteiger partial charge >= 0.3 is 23.9 Å². The molecule has 16 nitrogen and oxygen atoms in total. The first-order valence-electron chi connectivity index (χ1n) is 9.96. The lowest BCUT2D eigenvalue weighted by atomic mass is 10.3. The monoisotopic (exact) mass is 498 g/mol. The zero-order valence-electron chi connectivity index (χ0n) is 18.5. The van der Waals surface area contributed by atoms with E-state index < -0.39 is 86.0 Å². The number of carbonyl (C=O) groups excluding carboxylic acids is 4. The summed E-state index contributed by atoms with van der Waals surface area (Å²) in [7, 11) is 0. The van der Waals surface area contributed by atoms with Crippen LogP contribution in [0.2, 0.25) is 0 Å². The average Bonchev–Trinajstić information content (AvgIpc) is 2.74. The van der Waals surface area contributed by atoms with Crippen molar-refractivity contribution in [2.75, 3.05) is 0 Å². The smallest absolute Gasteiger partial charge is 0.337 e. The summed E-state index contributed by atoms with van der Waals surface area (Å²) in [5.41, 5.74) is 0. The summed E-state index contributed by atoms with van der Waals surface area (Å²) in [5, 5.41) is 37.5. The molecule has 8 unspecified atom stereocenters. The lowest BCUT2D eigenvalue weighted by Gasteiger charge is -2.45. The van der Waals surface area contributed by atoms with E-state index in [0.29, 0.717) is 0 Å². The third-order valence-corrected chi connectivity index (χ3v) is 4.03. The molecular weight excluding hydrogens is 472 g/mol. The number of fused-ring (bicyclic) bond motifs is 1. The molecule has 2 aliphatic heterocycles. The number of hydrogen-bond donors (Lipinski definition) is 4. The van der Waals surface area contributed by atoms with Gasteiger partial charge in [-0.25, -0.2) is 19.2 Å². The molecule has 0 spiro atoms. The number of aliphatic hydroxyl groups is 4. The van der Waals surface area contributed by atoms with Crippen LogP contribution in [0.5, 0.6) is 0 Å². The van der Waals surface area contributed by atoms with Gasteiger partial charge in [-0.2, -0.15) is 0 Å². The highest BCUT2D eigenvalue weighted by molar-refractivity contribution is 5.75. The van der Waals surface area contributed by atoms with E-state index in [-0.39, 0.29) is 0 Å². The number of hydrogen-bond acceptors (Lipinski definition) is 16. The SMILES string of the molecule is CC(O)C(=O)OC1OC2OC(OC(=O)C(C)O)C(OC(=O)C(C)O)OC2OC1OC(=O)C(C)O. The van der Waals surface area contributed by atoms with Gasteiger partial charge in [-0.1, -0.05) is 0 Å². The van der Waals surface area contributed by atoms with Gasteiger partial charge in [0.2, 0.25) is 12.6 Å². The lowest BCUT2D eigenvalue weighted by Crippen LogP contribution is -2.62. The van der Waals surface area contributed by atoms with Crippen molar-refractivity contribution in [1.82, 2.24) is 0 Å². The molecule has 0 amide bonds. The normalized spacial score (nSPS) is 32.2. The Morgan fingerprint density at radius 1 is 0.500 bits per heavy atom. The molecule has 2 fully saturated rings. The zero-order valence-corrected chi connectivity index (χ0v) is 18.5. The number of ether oxygens (including phenoxy) is 8. The van der Waals surface area contributed by atoms with Gasteiger partial charge in [-0.05, 0) is 27.7 Å². The molecule has 0 bridgehead atoms. The van der Waals surface area contributed by atoms with Gasteiger partial charge in [0.25, 0.3) is 25.2 Å². The van der Waals surface area contributed by atoms with Crippen LogP contribution in [0.15, 0.2) is 0 Å². The van der Waals surface area contributed by atoms with Crippen LogP contribution in [0, 0.1) is 0 Å². The molecule has 2 heterocycles. The van der Waals surface area contributed by atoms with E-state index in [1.54, 1.807) is 0 Å². The molecule has 34 heavy (non-hydrogen) atoms. The van der Waals surface area contributed by atoms with Gasteiger partial charge in [-0.15, -0.1) is 0 Å². The molecule has 0 aromatic rings. The molecule has 2 saturated heterocycles. The van der Waals surface area contributed by atoms with E-state index in [2.05, 4.69) is 0 Å². The van der Waals surface area contributed by atoms with Gasteiger partial charge in [-0.3, -0.25) is 0 Å². The summed E-state index contributed by atoms with van der Waals surface area (Å²) >= 11 is 0. The fraction of sp³-hybridized carbons (Fsp3) is 0.778. The Hall–Kier alpha value is -2.44. The summed E-state index contributed by atoms with van der Waals surface area (Å²) in [5.74, 6) is -4.82. The first-order chi connectivity index (χ1) is 15.8. The van der Waals surface area contributed by atoms with Crippen molar-refractivity contribution in [2.24, 2.45) is 0 Å². The van der Waals surface area contributed by atoms with Crippen LogP contribution in [0.25, 0.3) is 0 Å². The molecule has 16 heteroatoms. The quantitative estimate of drug-likeness (QED) is 0.190. The summed E-state index contributed by atoms with van der Waals surface area (Å²) in [6.07, 6.45) is -17.1. The standard InChI is InChI=1S/C18H26O16/c1-5(19)9(23)27-13-14(28-10(24)6(2)20)32-18-17(31-13)33-15(29-11(25)7(3)21)16(34-18)30-12(26)8(4)22/h5-8,13-22H,1-4H3. The van der Waals surface area contributed by atoms with Gasteiger partial charge in [0.05, 0.1) is 0 Å². The minimum atomic E-state index is -1.85. The minimum absolute atomic E-state index is 1.08. The summed E-state index contributed by atoms with van der Waals surface area (Å²) in [6, 6.07) is 0. The third-order valence-electron chi connectivity index (χ3n) is 4.03. The summed E-state index contributed by atoms with van der Waals surface area (Å²) in [6.45, 7) is 4.33. The predicted octanol–water partition coefficient (Wildman–Crippen LogP) is -3.27. The lowest BCUT2D eigenvalue weighted by molar-refractivity contribution is -0.492. The molecule has 4 N–H and O–H groups in total. The average molecular weight is 498 g/mol. The van der Waals surface area contributed by atoms with E-state index in [0.717, 1.165) is 27.7 Å². The van der Waals surface area contributed by atoms with Gasteiger partial charge in [0.15, 0.2) is 0 Å². The van der Waals surface area contributed by atoms with E-state index in [9.17, 15) is 39.6 Å². The molecule has 0 saturated carbocycles. The number of aliphatic hydroxyl groups excluding tert-OH is 4. The van der Waals surface area contributed by atoms with Crippen LogP contribution in [-0.2, 0) is 57.1 Å².